The molecule has 3 rings (SSSR count). The molecule has 0 amide bonds. The lowest BCUT2D eigenvalue weighted by atomic mass is 9.98. The van der Waals surface area contributed by atoms with E-state index in [9.17, 15) is 8.42 Å². The van der Waals surface area contributed by atoms with Crippen LogP contribution in [0.2, 0.25) is 0 Å². The van der Waals surface area contributed by atoms with Gasteiger partial charge < -0.3 is 0 Å². The first-order valence-electron chi connectivity index (χ1n) is 7.83. The Kier molecular flexibility index (Phi) is 4.90. The number of sulfonamides is 1. The lowest BCUT2D eigenvalue weighted by Gasteiger charge is -2.35. The van der Waals surface area contributed by atoms with Gasteiger partial charge in [-0.3, -0.25) is 0 Å². The van der Waals surface area contributed by atoms with Crippen molar-refractivity contribution in [3.8, 4) is 0 Å². The van der Waals surface area contributed by atoms with Crippen LogP contribution in [0.5, 0.6) is 0 Å². The molecule has 1 fully saturated rings. The molecule has 1 atom stereocenters. The first kappa shape index (κ1) is 16.7. The third-order valence-electron chi connectivity index (χ3n) is 4.37. The Hall–Kier alpha value is -1.17. The smallest absolute Gasteiger partial charge is 0.207 e. The van der Waals surface area contributed by atoms with Crippen molar-refractivity contribution in [2.45, 2.75) is 37.1 Å². The van der Waals surface area contributed by atoms with Crippen LogP contribution in [0.4, 0.5) is 0 Å². The molecule has 0 aliphatic carbocycles. The number of piperidine rings is 1. The van der Waals surface area contributed by atoms with Crippen LogP contribution < -0.4 is 0 Å². The van der Waals surface area contributed by atoms with Gasteiger partial charge in [0.15, 0.2) is 0 Å². The zero-order valence-corrected chi connectivity index (χ0v) is 15.5. The average molecular weight is 394 g/mol. The molecule has 5 heteroatoms. The van der Waals surface area contributed by atoms with Crippen molar-refractivity contribution in [3.63, 3.8) is 0 Å². The van der Waals surface area contributed by atoms with Crippen LogP contribution in [0.25, 0.3) is 0 Å². The third kappa shape index (κ3) is 3.37. The molecule has 0 bridgehead atoms. The average Bonchev–Trinajstić information content (AvgIpc) is 2.55. The quantitative estimate of drug-likeness (QED) is 0.759. The fourth-order valence-corrected chi connectivity index (χ4v) is 5.54. The molecule has 0 saturated carbocycles. The van der Waals surface area contributed by atoms with Gasteiger partial charge in [-0.15, -0.1) is 0 Å². The van der Waals surface area contributed by atoms with Crippen molar-refractivity contribution in [2.75, 3.05) is 6.54 Å². The van der Waals surface area contributed by atoms with E-state index >= 15 is 0 Å². The Bertz CT molecular complexity index is 804. The van der Waals surface area contributed by atoms with Gasteiger partial charge in [0.25, 0.3) is 0 Å². The monoisotopic (exact) mass is 393 g/mol. The Labute approximate surface area is 146 Å². The van der Waals surface area contributed by atoms with Crippen molar-refractivity contribution >= 4 is 26.0 Å². The van der Waals surface area contributed by atoms with Crippen LogP contribution in [-0.2, 0) is 10.0 Å². The number of hydrogen-bond acceptors (Lipinski definition) is 2. The summed E-state index contributed by atoms with van der Waals surface area (Å²) in [6.07, 6.45) is 2.83. The van der Waals surface area contributed by atoms with Crippen molar-refractivity contribution < 1.29 is 8.42 Å². The van der Waals surface area contributed by atoms with Crippen LogP contribution in [0.1, 0.15) is 36.4 Å². The molecule has 2 aromatic rings. The molecular formula is C18H20BrNO2S. The number of halogens is 1. The molecule has 0 radical (unpaired) electrons. The van der Waals surface area contributed by atoms with E-state index < -0.39 is 10.0 Å². The second kappa shape index (κ2) is 6.75. The molecule has 1 aliphatic heterocycles. The van der Waals surface area contributed by atoms with Crippen molar-refractivity contribution in [2.24, 2.45) is 0 Å². The zero-order valence-electron chi connectivity index (χ0n) is 13.1. The van der Waals surface area contributed by atoms with Gasteiger partial charge in [-0.05, 0) is 49.1 Å². The van der Waals surface area contributed by atoms with E-state index in [1.165, 1.54) is 0 Å². The van der Waals surface area contributed by atoms with E-state index in [0.29, 0.717) is 11.4 Å². The first-order chi connectivity index (χ1) is 11.0. The summed E-state index contributed by atoms with van der Waals surface area (Å²) in [7, 11) is -3.48. The summed E-state index contributed by atoms with van der Waals surface area (Å²) in [4.78, 5) is 0.418. The summed E-state index contributed by atoms with van der Waals surface area (Å²) in [5.41, 5.74) is 1.85. The molecule has 1 unspecified atom stereocenters. The lowest BCUT2D eigenvalue weighted by molar-refractivity contribution is 0.256. The maximum Gasteiger partial charge on any atom is 0.243 e. The van der Waals surface area contributed by atoms with Crippen LogP contribution in [0.15, 0.2) is 57.9 Å². The topological polar surface area (TPSA) is 37.4 Å². The first-order valence-corrected chi connectivity index (χ1v) is 10.1. The van der Waals surface area contributed by atoms with Gasteiger partial charge in [0.05, 0.1) is 10.9 Å². The van der Waals surface area contributed by atoms with E-state index in [1.54, 1.807) is 16.4 Å². The van der Waals surface area contributed by atoms with Gasteiger partial charge in [-0.25, -0.2) is 8.42 Å². The Balaban J connectivity index is 2.03. The van der Waals surface area contributed by atoms with Gasteiger partial charge in [0.1, 0.15) is 0 Å². The van der Waals surface area contributed by atoms with Gasteiger partial charge in [0.2, 0.25) is 10.0 Å². The fraction of sp³-hybridized carbons (Fsp3) is 0.333. The standard InChI is InChI=1S/C18H20BrNO2S/c1-14-7-2-3-11-18(14)23(21,22)20-12-5-4-10-17(20)15-8-6-9-16(19)13-15/h2-3,6-9,11,13,17H,4-5,10,12H2,1H3. The molecule has 2 aromatic carbocycles. The number of benzene rings is 2. The van der Waals surface area contributed by atoms with Crippen molar-refractivity contribution in [3.05, 3.63) is 64.1 Å². The highest BCUT2D eigenvalue weighted by atomic mass is 79.9. The molecule has 1 saturated heterocycles. The maximum absolute atomic E-state index is 13.2. The lowest BCUT2D eigenvalue weighted by Crippen LogP contribution is -2.38. The Morgan fingerprint density at radius 2 is 1.87 bits per heavy atom. The molecule has 0 N–H and O–H groups in total. The molecule has 3 nitrogen and oxygen atoms in total. The highest BCUT2D eigenvalue weighted by Gasteiger charge is 2.35. The molecular weight excluding hydrogens is 374 g/mol. The van der Waals surface area contributed by atoms with Gasteiger partial charge in [-0.2, -0.15) is 4.31 Å². The summed E-state index contributed by atoms with van der Waals surface area (Å²) in [6.45, 7) is 2.43. The second-order valence-corrected chi connectivity index (χ2v) is 8.72. The summed E-state index contributed by atoms with van der Waals surface area (Å²) >= 11 is 3.49. The molecule has 1 heterocycles. The molecule has 0 aromatic heterocycles. The second-order valence-electron chi connectivity index (χ2n) is 5.95. The molecule has 122 valence electrons. The van der Waals surface area contributed by atoms with E-state index in [4.69, 9.17) is 0 Å². The Morgan fingerprint density at radius 3 is 2.61 bits per heavy atom. The van der Waals surface area contributed by atoms with E-state index in [1.807, 2.05) is 43.3 Å². The van der Waals surface area contributed by atoms with Crippen LogP contribution >= 0.6 is 15.9 Å². The van der Waals surface area contributed by atoms with Gasteiger partial charge in [0, 0.05) is 11.0 Å². The van der Waals surface area contributed by atoms with E-state index in [2.05, 4.69) is 15.9 Å². The molecule has 23 heavy (non-hydrogen) atoms. The van der Waals surface area contributed by atoms with Gasteiger partial charge >= 0.3 is 0 Å². The Morgan fingerprint density at radius 1 is 1.09 bits per heavy atom. The highest BCUT2D eigenvalue weighted by molar-refractivity contribution is 9.10. The molecule has 0 spiro atoms. The van der Waals surface area contributed by atoms with Crippen LogP contribution in [0, 0.1) is 6.92 Å². The molecule has 1 aliphatic rings. The van der Waals surface area contributed by atoms with Crippen molar-refractivity contribution in [1.82, 2.24) is 4.31 Å². The maximum atomic E-state index is 13.2. The SMILES string of the molecule is Cc1ccccc1S(=O)(=O)N1CCCCC1c1cccc(Br)c1. The number of nitrogens with zero attached hydrogens (tertiary/aromatic N) is 1. The predicted octanol–water partition coefficient (Wildman–Crippen LogP) is 4.67. The summed E-state index contributed by atoms with van der Waals surface area (Å²) in [5.74, 6) is 0. The summed E-state index contributed by atoms with van der Waals surface area (Å²) in [6, 6.07) is 15.1. The van der Waals surface area contributed by atoms with Crippen molar-refractivity contribution in [1.29, 1.82) is 0 Å². The minimum absolute atomic E-state index is 0.0918. The number of rotatable bonds is 3. The summed E-state index contributed by atoms with van der Waals surface area (Å²) < 4.78 is 29.0. The zero-order chi connectivity index (χ0) is 16.4. The van der Waals surface area contributed by atoms with Gasteiger partial charge in [-0.1, -0.05) is 52.7 Å². The minimum atomic E-state index is -3.48. The van der Waals surface area contributed by atoms with Crippen LogP contribution in [-0.4, -0.2) is 19.3 Å². The number of hydrogen-bond donors (Lipinski definition) is 0. The normalized spacial score (nSPS) is 19.7. The van der Waals surface area contributed by atoms with Crippen LogP contribution in [0.3, 0.4) is 0 Å². The largest absolute Gasteiger partial charge is 0.243 e. The summed E-state index contributed by atoms with van der Waals surface area (Å²) in [5, 5.41) is 0. The minimum Gasteiger partial charge on any atom is -0.207 e. The highest BCUT2D eigenvalue weighted by Crippen LogP contribution is 2.36. The predicted molar refractivity (Wildman–Crippen MR) is 95.8 cm³/mol. The number of aryl methyl sites for hydroxylation is 1. The third-order valence-corrected chi connectivity index (χ3v) is 6.93. The van der Waals surface area contributed by atoms with E-state index in [0.717, 1.165) is 34.9 Å². The fourth-order valence-electron chi connectivity index (χ4n) is 3.21. The van der Waals surface area contributed by atoms with E-state index in [-0.39, 0.29) is 6.04 Å².